The molecule has 0 radical (unpaired) electrons. The minimum atomic E-state index is -0.829. The first kappa shape index (κ1) is 16.3. The van der Waals surface area contributed by atoms with Crippen LogP contribution in [-0.2, 0) is 0 Å². The van der Waals surface area contributed by atoms with Crippen molar-refractivity contribution in [3.63, 3.8) is 0 Å². The lowest BCUT2D eigenvalue weighted by atomic mass is 10.1. The van der Waals surface area contributed by atoms with E-state index in [9.17, 15) is 8.78 Å². The molecule has 21 heavy (non-hydrogen) atoms. The molecule has 2 N–H and O–H groups in total. The highest BCUT2D eigenvalue weighted by Crippen LogP contribution is 2.19. The molecule has 1 aromatic carbocycles. The Morgan fingerprint density at radius 1 is 1.19 bits per heavy atom. The highest BCUT2D eigenvalue weighted by atomic mass is 19.2. The van der Waals surface area contributed by atoms with Crippen LogP contribution in [0.3, 0.4) is 0 Å². The molecule has 118 valence electrons. The number of piperazine rings is 1. The summed E-state index contributed by atoms with van der Waals surface area (Å²) in [5.41, 5.74) is 6.32. The van der Waals surface area contributed by atoms with E-state index in [-0.39, 0.29) is 5.56 Å². The summed E-state index contributed by atoms with van der Waals surface area (Å²) in [6.45, 7) is 8.86. The van der Waals surface area contributed by atoms with Gasteiger partial charge in [-0.05, 0) is 19.4 Å². The number of benzene rings is 1. The van der Waals surface area contributed by atoms with Gasteiger partial charge in [-0.25, -0.2) is 8.78 Å². The maximum absolute atomic E-state index is 13.7. The fraction of sp³-hybridized carbons (Fsp3) is 0.625. The van der Waals surface area contributed by atoms with Crippen molar-refractivity contribution in [3.05, 3.63) is 35.4 Å². The van der Waals surface area contributed by atoms with Crippen LogP contribution >= 0.6 is 0 Å². The van der Waals surface area contributed by atoms with Gasteiger partial charge in [-0.15, -0.1) is 0 Å². The molecule has 1 aromatic rings. The van der Waals surface area contributed by atoms with Crippen LogP contribution < -0.4 is 5.73 Å². The van der Waals surface area contributed by atoms with E-state index in [0.29, 0.717) is 12.6 Å². The summed E-state index contributed by atoms with van der Waals surface area (Å²) in [6, 6.07) is 4.31. The summed E-state index contributed by atoms with van der Waals surface area (Å²) in [7, 11) is 0. The zero-order valence-electron chi connectivity index (χ0n) is 12.9. The second-order valence-electron chi connectivity index (χ2n) is 5.84. The van der Waals surface area contributed by atoms with Gasteiger partial charge in [0.1, 0.15) is 0 Å². The Labute approximate surface area is 125 Å². The number of hydrogen-bond acceptors (Lipinski definition) is 3. The Balaban J connectivity index is 1.90. The molecule has 0 saturated carbocycles. The Morgan fingerprint density at radius 2 is 1.86 bits per heavy atom. The normalized spacial score (nSPS) is 20.4. The minimum Gasteiger partial charge on any atom is -0.323 e. The average Bonchev–Trinajstić information content (AvgIpc) is 2.50. The number of hydrogen-bond donors (Lipinski definition) is 1. The van der Waals surface area contributed by atoms with Gasteiger partial charge < -0.3 is 5.73 Å². The summed E-state index contributed by atoms with van der Waals surface area (Å²) in [6.07, 6.45) is 1.15. The van der Waals surface area contributed by atoms with Crippen LogP contribution in [0, 0.1) is 11.6 Å². The maximum Gasteiger partial charge on any atom is 0.163 e. The predicted octanol–water partition coefficient (Wildman–Crippen LogP) is 2.38. The van der Waals surface area contributed by atoms with E-state index in [2.05, 4.69) is 23.6 Å². The number of halogens is 2. The molecular formula is C16H25F2N3. The van der Waals surface area contributed by atoms with Gasteiger partial charge in [-0.2, -0.15) is 0 Å². The largest absolute Gasteiger partial charge is 0.323 e. The molecule has 0 amide bonds. The summed E-state index contributed by atoms with van der Waals surface area (Å²) >= 11 is 0. The van der Waals surface area contributed by atoms with Crippen LogP contribution in [0.2, 0.25) is 0 Å². The van der Waals surface area contributed by atoms with Crippen LogP contribution in [0.15, 0.2) is 18.2 Å². The molecule has 1 aliphatic rings. The van der Waals surface area contributed by atoms with Crippen LogP contribution in [0.5, 0.6) is 0 Å². The van der Waals surface area contributed by atoms with Gasteiger partial charge >= 0.3 is 0 Å². The first-order chi connectivity index (χ1) is 10.0. The lowest BCUT2D eigenvalue weighted by Gasteiger charge is -2.38. The van der Waals surface area contributed by atoms with Crippen molar-refractivity contribution in [3.8, 4) is 0 Å². The smallest absolute Gasteiger partial charge is 0.163 e. The third-order valence-corrected chi connectivity index (χ3v) is 4.46. The van der Waals surface area contributed by atoms with Gasteiger partial charge in [-0.1, -0.05) is 19.1 Å². The van der Waals surface area contributed by atoms with Crippen LogP contribution in [0.4, 0.5) is 8.78 Å². The van der Waals surface area contributed by atoms with E-state index < -0.39 is 17.7 Å². The Morgan fingerprint density at radius 3 is 2.48 bits per heavy atom. The van der Waals surface area contributed by atoms with Crippen molar-refractivity contribution in [2.45, 2.75) is 32.4 Å². The van der Waals surface area contributed by atoms with E-state index in [1.807, 2.05) is 0 Å². The molecule has 5 heteroatoms. The quantitative estimate of drug-likeness (QED) is 0.906. The first-order valence-corrected chi connectivity index (χ1v) is 7.68. The lowest BCUT2D eigenvalue weighted by molar-refractivity contribution is 0.0965. The molecular weight excluding hydrogens is 272 g/mol. The van der Waals surface area contributed by atoms with Crippen LogP contribution in [0.25, 0.3) is 0 Å². The van der Waals surface area contributed by atoms with Gasteiger partial charge in [0.15, 0.2) is 11.6 Å². The Bertz CT molecular complexity index is 459. The van der Waals surface area contributed by atoms with E-state index in [0.717, 1.165) is 38.7 Å². The van der Waals surface area contributed by atoms with Gasteiger partial charge in [0, 0.05) is 50.4 Å². The monoisotopic (exact) mass is 297 g/mol. The molecule has 0 spiro atoms. The fourth-order valence-electron chi connectivity index (χ4n) is 2.83. The zero-order chi connectivity index (χ0) is 15.4. The van der Waals surface area contributed by atoms with Crippen molar-refractivity contribution in [1.29, 1.82) is 0 Å². The summed E-state index contributed by atoms with van der Waals surface area (Å²) in [5, 5.41) is 0. The highest BCUT2D eigenvalue weighted by Gasteiger charge is 2.23. The number of nitrogens with zero attached hydrogens (tertiary/aromatic N) is 2. The second kappa shape index (κ2) is 7.29. The standard InChI is InChI=1S/C16H25F2N3/c1-3-12(2)21-9-7-20(8-10-21)11-15(19)13-5-4-6-14(17)16(13)18/h4-6,12,15H,3,7-11,19H2,1-2H3. The van der Waals surface area contributed by atoms with Gasteiger partial charge in [0.25, 0.3) is 0 Å². The molecule has 3 nitrogen and oxygen atoms in total. The fourth-order valence-corrected chi connectivity index (χ4v) is 2.83. The number of rotatable bonds is 5. The van der Waals surface area contributed by atoms with Crippen LogP contribution in [-0.4, -0.2) is 48.6 Å². The third kappa shape index (κ3) is 3.99. The van der Waals surface area contributed by atoms with E-state index in [1.54, 1.807) is 6.07 Å². The second-order valence-corrected chi connectivity index (χ2v) is 5.84. The van der Waals surface area contributed by atoms with Crippen molar-refractivity contribution in [1.82, 2.24) is 9.80 Å². The van der Waals surface area contributed by atoms with Gasteiger partial charge in [0.05, 0.1) is 0 Å². The topological polar surface area (TPSA) is 32.5 Å². The van der Waals surface area contributed by atoms with Crippen molar-refractivity contribution in [2.75, 3.05) is 32.7 Å². The first-order valence-electron chi connectivity index (χ1n) is 7.68. The minimum absolute atomic E-state index is 0.263. The summed E-state index contributed by atoms with van der Waals surface area (Å²) in [4.78, 5) is 4.69. The molecule has 2 atom stereocenters. The molecule has 0 aromatic heterocycles. The summed E-state index contributed by atoms with van der Waals surface area (Å²) < 4.78 is 27.0. The predicted molar refractivity (Wildman–Crippen MR) is 81.1 cm³/mol. The van der Waals surface area contributed by atoms with Crippen molar-refractivity contribution >= 4 is 0 Å². The molecule has 1 aliphatic heterocycles. The molecule has 2 unspecified atom stereocenters. The van der Waals surface area contributed by atoms with E-state index in [4.69, 9.17) is 5.73 Å². The SMILES string of the molecule is CCC(C)N1CCN(CC(N)c2cccc(F)c2F)CC1. The Kier molecular flexibility index (Phi) is 5.67. The summed E-state index contributed by atoms with van der Waals surface area (Å²) in [5.74, 6) is -1.65. The lowest BCUT2D eigenvalue weighted by Crippen LogP contribution is -2.50. The molecule has 2 rings (SSSR count). The van der Waals surface area contributed by atoms with Gasteiger partial charge in [-0.3, -0.25) is 9.80 Å². The zero-order valence-corrected chi connectivity index (χ0v) is 12.9. The average molecular weight is 297 g/mol. The van der Waals surface area contributed by atoms with E-state index in [1.165, 1.54) is 6.07 Å². The molecule has 0 bridgehead atoms. The molecule has 1 heterocycles. The Hall–Kier alpha value is -1.04. The molecule has 1 fully saturated rings. The molecule has 1 saturated heterocycles. The van der Waals surface area contributed by atoms with Crippen molar-refractivity contribution in [2.24, 2.45) is 5.73 Å². The van der Waals surface area contributed by atoms with Gasteiger partial charge in [0.2, 0.25) is 0 Å². The van der Waals surface area contributed by atoms with Crippen LogP contribution in [0.1, 0.15) is 31.9 Å². The van der Waals surface area contributed by atoms with Crippen molar-refractivity contribution < 1.29 is 8.78 Å². The maximum atomic E-state index is 13.7. The van der Waals surface area contributed by atoms with E-state index >= 15 is 0 Å². The number of nitrogens with two attached hydrogens (primary N) is 1. The highest BCUT2D eigenvalue weighted by molar-refractivity contribution is 5.22. The third-order valence-electron chi connectivity index (χ3n) is 4.46. The molecule has 0 aliphatic carbocycles.